The van der Waals surface area contributed by atoms with Gasteiger partial charge in [-0.1, -0.05) is 0 Å². The minimum absolute atomic E-state index is 0.641. The number of pyridine rings is 1. The zero-order chi connectivity index (χ0) is 13.2. The predicted molar refractivity (Wildman–Crippen MR) is 77.1 cm³/mol. The van der Waals surface area contributed by atoms with Gasteiger partial charge in [-0.2, -0.15) is 0 Å². The fraction of sp³-hybridized carbons (Fsp3) is 0.308. The third kappa shape index (κ3) is 2.44. The molecular weight excluding hydrogens is 258 g/mol. The zero-order valence-electron chi connectivity index (χ0n) is 10.7. The standard InChI is InChI=1S/C13H15N5S/c1-18-10-5-3-7-15-12(10)17-11(18)6-2-4-9-8-19-13(14)16-9/h3,5,7-8H,2,4,6H2,1H3,(H2,14,16). The molecule has 0 unspecified atom stereocenters. The topological polar surface area (TPSA) is 69.6 Å². The molecule has 0 saturated carbocycles. The van der Waals surface area contributed by atoms with Gasteiger partial charge in [0.15, 0.2) is 10.8 Å². The van der Waals surface area contributed by atoms with Crippen molar-refractivity contribution in [3.63, 3.8) is 0 Å². The first-order valence-corrected chi connectivity index (χ1v) is 7.08. The van der Waals surface area contributed by atoms with Crippen molar-refractivity contribution in [2.75, 3.05) is 5.73 Å². The monoisotopic (exact) mass is 273 g/mol. The molecule has 3 aromatic heterocycles. The van der Waals surface area contributed by atoms with Crippen LogP contribution in [-0.2, 0) is 19.9 Å². The highest BCUT2D eigenvalue weighted by molar-refractivity contribution is 7.13. The molecule has 0 aliphatic rings. The van der Waals surface area contributed by atoms with Gasteiger partial charge in [0, 0.05) is 25.0 Å². The number of rotatable bonds is 4. The van der Waals surface area contributed by atoms with Gasteiger partial charge in [0.05, 0.1) is 11.2 Å². The van der Waals surface area contributed by atoms with E-state index in [4.69, 9.17) is 5.73 Å². The lowest BCUT2D eigenvalue weighted by atomic mass is 10.2. The minimum atomic E-state index is 0.641. The normalized spacial score (nSPS) is 11.2. The Hall–Kier alpha value is -1.95. The Kier molecular flexibility index (Phi) is 3.16. The quantitative estimate of drug-likeness (QED) is 0.791. The van der Waals surface area contributed by atoms with E-state index < -0.39 is 0 Å². The highest BCUT2D eigenvalue weighted by atomic mass is 32.1. The number of thiazole rings is 1. The van der Waals surface area contributed by atoms with Crippen molar-refractivity contribution in [1.29, 1.82) is 0 Å². The summed E-state index contributed by atoms with van der Waals surface area (Å²) in [6, 6.07) is 3.98. The van der Waals surface area contributed by atoms with Crippen LogP contribution in [0.2, 0.25) is 0 Å². The van der Waals surface area contributed by atoms with Crippen molar-refractivity contribution in [3.05, 3.63) is 35.2 Å². The second-order valence-corrected chi connectivity index (χ2v) is 5.35. The Balaban J connectivity index is 1.70. The van der Waals surface area contributed by atoms with Crippen LogP contribution >= 0.6 is 11.3 Å². The van der Waals surface area contributed by atoms with E-state index in [1.165, 1.54) is 11.3 Å². The van der Waals surface area contributed by atoms with E-state index in [1.807, 2.05) is 24.6 Å². The Morgan fingerprint density at radius 2 is 2.21 bits per heavy atom. The van der Waals surface area contributed by atoms with Gasteiger partial charge in [0.1, 0.15) is 5.82 Å². The number of hydrogen-bond donors (Lipinski definition) is 1. The molecule has 98 valence electrons. The van der Waals surface area contributed by atoms with Gasteiger partial charge in [0.25, 0.3) is 0 Å². The van der Waals surface area contributed by atoms with Gasteiger partial charge in [-0.15, -0.1) is 11.3 Å². The molecule has 3 aromatic rings. The Morgan fingerprint density at radius 1 is 1.32 bits per heavy atom. The van der Waals surface area contributed by atoms with Crippen LogP contribution in [0.15, 0.2) is 23.7 Å². The molecule has 0 spiro atoms. The zero-order valence-corrected chi connectivity index (χ0v) is 11.5. The van der Waals surface area contributed by atoms with E-state index in [2.05, 4.69) is 19.5 Å². The summed E-state index contributed by atoms with van der Waals surface area (Å²) in [5.41, 5.74) is 8.58. The molecule has 5 nitrogen and oxygen atoms in total. The van der Waals surface area contributed by atoms with Crippen LogP contribution < -0.4 is 5.73 Å². The number of nitrogens with zero attached hydrogens (tertiary/aromatic N) is 4. The molecule has 0 aromatic carbocycles. The van der Waals surface area contributed by atoms with Crippen molar-refractivity contribution >= 4 is 27.6 Å². The average Bonchev–Trinajstić information content (AvgIpc) is 2.96. The van der Waals surface area contributed by atoms with E-state index in [-0.39, 0.29) is 0 Å². The summed E-state index contributed by atoms with van der Waals surface area (Å²) in [5.74, 6) is 1.07. The molecule has 19 heavy (non-hydrogen) atoms. The number of aromatic nitrogens is 4. The molecule has 0 aliphatic carbocycles. The molecule has 3 rings (SSSR count). The summed E-state index contributed by atoms with van der Waals surface area (Å²) in [4.78, 5) is 13.1. The van der Waals surface area contributed by atoms with Gasteiger partial charge < -0.3 is 10.3 Å². The number of nitrogen functional groups attached to an aromatic ring is 1. The fourth-order valence-electron chi connectivity index (χ4n) is 2.16. The van der Waals surface area contributed by atoms with Gasteiger partial charge in [-0.25, -0.2) is 15.0 Å². The first kappa shape index (κ1) is 12.1. The van der Waals surface area contributed by atoms with E-state index in [1.54, 1.807) is 6.20 Å². The predicted octanol–water partition coefficient (Wildman–Crippen LogP) is 2.18. The van der Waals surface area contributed by atoms with E-state index in [0.29, 0.717) is 5.13 Å². The summed E-state index contributed by atoms with van der Waals surface area (Å²) in [7, 11) is 2.03. The van der Waals surface area contributed by atoms with E-state index in [0.717, 1.165) is 41.9 Å². The van der Waals surface area contributed by atoms with Crippen LogP contribution in [0, 0.1) is 0 Å². The molecular formula is C13H15N5S. The third-order valence-corrected chi connectivity index (χ3v) is 3.88. The van der Waals surface area contributed by atoms with Crippen molar-refractivity contribution in [1.82, 2.24) is 19.5 Å². The highest BCUT2D eigenvalue weighted by Crippen LogP contribution is 2.16. The Morgan fingerprint density at radius 3 is 2.95 bits per heavy atom. The minimum Gasteiger partial charge on any atom is -0.375 e. The maximum absolute atomic E-state index is 5.62. The SMILES string of the molecule is Cn1c(CCCc2csc(N)n2)nc2ncccc21. The van der Waals surface area contributed by atoms with Crippen molar-refractivity contribution in [3.8, 4) is 0 Å². The maximum Gasteiger partial charge on any atom is 0.180 e. The number of nitrogens with two attached hydrogens (primary N) is 1. The van der Waals surface area contributed by atoms with Gasteiger partial charge in [-0.3, -0.25) is 0 Å². The third-order valence-electron chi connectivity index (χ3n) is 3.15. The van der Waals surface area contributed by atoms with Crippen molar-refractivity contribution in [2.24, 2.45) is 7.05 Å². The summed E-state index contributed by atoms with van der Waals surface area (Å²) in [6.45, 7) is 0. The van der Waals surface area contributed by atoms with Crippen LogP contribution in [-0.4, -0.2) is 19.5 Å². The molecule has 0 bridgehead atoms. The lowest BCUT2D eigenvalue weighted by molar-refractivity contribution is 0.726. The average molecular weight is 273 g/mol. The summed E-state index contributed by atoms with van der Waals surface area (Å²) in [6.07, 6.45) is 4.64. The smallest absolute Gasteiger partial charge is 0.180 e. The van der Waals surface area contributed by atoms with Gasteiger partial charge >= 0.3 is 0 Å². The summed E-state index contributed by atoms with van der Waals surface area (Å²) in [5, 5.41) is 2.66. The van der Waals surface area contributed by atoms with Crippen LogP contribution in [0.3, 0.4) is 0 Å². The van der Waals surface area contributed by atoms with E-state index >= 15 is 0 Å². The summed E-state index contributed by atoms with van der Waals surface area (Å²) < 4.78 is 2.11. The molecule has 0 fully saturated rings. The molecule has 0 radical (unpaired) electrons. The molecule has 0 atom stereocenters. The van der Waals surface area contributed by atoms with Gasteiger partial charge in [0.2, 0.25) is 0 Å². The number of imidazole rings is 1. The molecule has 2 N–H and O–H groups in total. The fourth-order valence-corrected chi connectivity index (χ4v) is 2.76. The first-order chi connectivity index (χ1) is 9.24. The molecule has 6 heteroatoms. The number of hydrogen-bond acceptors (Lipinski definition) is 5. The highest BCUT2D eigenvalue weighted by Gasteiger charge is 2.08. The second kappa shape index (κ2) is 4.97. The lowest BCUT2D eigenvalue weighted by Crippen LogP contribution is -1.99. The number of fused-ring (bicyclic) bond motifs is 1. The van der Waals surface area contributed by atoms with Crippen molar-refractivity contribution in [2.45, 2.75) is 19.3 Å². The maximum atomic E-state index is 5.62. The molecule has 0 amide bonds. The first-order valence-electron chi connectivity index (χ1n) is 6.20. The summed E-state index contributed by atoms with van der Waals surface area (Å²) >= 11 is 1.49. The van der Waals surface area contributed by atoms with Crippen molar-refractivity contribution < 1.29 is 0 Å². The molecule has 0 saturated heterocycles. The Bertz CT molecular complexity index is 700. The largest absolute Gasteiger partial charge is 0.375 e. The molecule has 3 heterocycles. The molecule has 0 aliphatic heterocycles. The van der Waals surface area contributed by atoms with Crippen LogP contribution in [0.5, 0.6) is 0 Å². The number of anilines is 1. The second-order valence-electron chi connectivity index (χ2n) is 4.46. The van der Waals surface area contributed by atoms with E-state index in [9.17, 15) is 0 Å². The van der Waals surface area contributed by atoms with Crippen LogP contribution in [0.25, 0.3) is 11.2 Å². The van der Waals surface area contributed by atoms with Crippen LogP contribution in [0.4, 0.5) is 5.13 Å². The Labute approximate surface area is 115 Å². The lowest BCUT2D eigenvalue weighted by Gasteiger charge is -2.01. The van der Waals surface area contributed by atoms with Gasteiger partial charge in [-0.05, 0) is 25.0 Å². The van der Waals surface area contributed by atoms with Crippen LogP contribution in [0.1, 0.15) is 17.9 Å². The number of aryl methyl sites for hydroxylation is 3.